The molecule has 0 bridgehead atoms. The Hall–Kier alpha value is -1.72. The van der Waals surface area contributed by atoms with Gasteiger partial charge in [-0.05, 0) is 13.3 Å². The van der Waals surface area contributed by atoms with Crippen LogP contribution in [0, 0.1) is 12.7 Å². The molecular formula is C11H16FN3O2. The highest BCUT2D eigenvalue weighted by atomic mass is 19.1. The number of unbranched alkanes of at least 4 members (excludes halogenated alkanes) is 1. The first-order valence-corrected chi connectivity index (χ1v) is 5.52. The zero-order valence-corrected chi connectivity index (χ0v) is 9.90. The molecule has 1 atom stereocenters. The van der Waals surface area contributed by atoms with Crippen LogP contribution < -0.4 is 5.32 Å². The van der Waals surface area contributed by atoms with Crippen molar-refractivity contribution in [2.45, 2.75) is 39.2 Å². The quantitative estimate of drug-likeness (QED) is 0.796. The number of halogens is 1. The smallest absolute Gasteiger partial charge is 0.326 e. The summed E-state index contributed by atoms with van der Waals surface area (Å²) in [4.78, 5) is 18.4. The van der Waals surface area contributed by atoms with Gasteiger partial charge >= 0.3 is 5.97 Å². The molecule has 0 saturated carbocycles. The van der Waals surface area contributed by atoms with Gasteiger partial charge in [0.25, 0.3) is 0 Å². The number of hydrogen-bond donors (Lipinski definition) is 2. The van der Waals surface area contributed by atoms with Gasteiger partial charge in [-0.1, -0.05) is 19.8 Å². The molecule has 0 fully saturated rings. The van der Waals surface area contributed by atoms with Crippen molar-refractivity contribution >= 4 is 11.8 Å². The van der Waals surface area contributed by atoms with Crippen molar-refractivity contribution in [3.05, 3.63) is 17.8 Å². The normalized spacial score (nSPS) is 12.2. The van der Waals surface area contributed by atoms with Crippen LogP contribution in [0.2, 0.25) is 0 Å². The standard InChI is InChI=1S/C11H16FN3O2/c1-3-4-5-8(11(16)17)15-10-9(12)7(2)13-6-14-10/h6,8H,3-5H2,1-2H3,(H,16,17)(H,13,14,15). The van der Waals surface area contributed by atoms with Crippen LogP contribution in [0.5, 0.6) is 0 Å². The Morgan fingerprint density at radius 3 is 2.88 bits per heavy atom. The highest BCUT2D eigenvalue weighted by molar-refractivity contribution is 5.76. The van der Waals surface area contributed by atoms with E-state index in [0.29, 0.717) is 6.42 Å². The number of anilines is 1. The van der Waals surface area contributed by atoms with E-state index in [1.165, 1.54) is 13.3 Å². The molecule has 0 aromatic carbocycles. The first-order chi connectivity index (χ1) is 8.06. The fraction of sp³-hybridized carbons (Fsp3) is 0.545. The van der Waals surface area contributed by atoms with Crippen molar-refractivity contribution < 1.29 is 14.3 Å². The van der Waals surface area contributed by atoms with Crippen molar-refractivity contribution in [3.8, 4) is 0 Å². The van der Waals surface area contributed by atoms with Gasteiger partial charge < -0.3 is 10.4 Å². The van der Waals surface area contributed by atoms with E-state index in [4.69, 9.17) is 5.11 Å². The predicted octanol–water partition coefficient (Wildman–Crippen LogP) is 1.98. The van der Waals surface area contributed by atoms with Crippen LogP contribution in [0.15, 0.2) is 6.33 Å². The van der Waals surface area contributed by atoms with Crippen LogP contribution in [-0.4, -0.2) is 27.1 Å². The summed E-state index contributed by atoms with van der Waals surface area (Å²) in [5.41, 5.74) is 0.196. The minimum atomic E-state index is -1.01. The maximum absolute atomic E-state index is 13.6. The van der Waals surface area contributed by atoms with Crippen LogP contribution in [0.4, 0.5) is 10.2 Å². The van der Waals surface area contributed by atoms with Crippen molar-refractivity contribution in [1.82, 2.24) is 9.97 Å². The van der Waals surface area contributed by atoms with Gasteiger partial charge in [-0.25, -0.2) is 19.2 Å². The Bertz CT molecular complexity index is 398. The minimum Gasteiger partial charge on any atom is -0.480 e. The van der Waals surface area contributed by atoms with Gasteiger partial charge in [-0.2, -0.15) is 0 Å². The summed E-state index contributed by atoms with van der Waals surface area (Å²) < 4.78 is 13.6. The molecule has 0 aliphatic carbocycles. The van der Waals surface area contributed by atoms with Crippen molar-refractivity contribution in [2.24, 2.45) is 0 Å². The molecule has 0 radical (unpaired) electrons. The highest BCUT2D eigenvalue weighted by Crippen LogP contribution is 2.15. The third kappa shape index (κ3) is 3.65. The Kier molecular flexibility index (Phi) is 4.81. The molecule has 1 rings (SSSR count). The maximum Gasteiger partial charge on any atom is 0.326 e. The second kappa shape index (κ2) is 6.12. The van der Waals surface area contributed by atoms with Gasteiger partial charge in [0.15, 0.2) is 11.6 Å². The van der Waals surface area contributed by atoms with E-state index in [2.05, 4.69) is 15.3 Å². The molecule has 1 aromatic rings. The summed E-state index contributed by atoms with van der Waals surface area (Å²) in [6, 6.07) is -0.821. The number of aromatic nitrogens is 2. The third-order valence-electron chi connectivity index (χ3n) is 2.42. The van der Waals surface area contributed by atoms with E-state index in [9.17, 15) is 9.18 Å². The van der Waals surface area contributed by atoms with Gasteiger partial charge in [-0.3, -0.25) is 0 Å². The van der Waals surface area contributed by atoms with Crippen LogP contribution in [0.25, 0.3) is 0 Å². The van der Waals surface area contributed by atoms with Crippen LogP contribution >= 0.6 is 0 Å². The Balaban J connectivity index is 2.78. The predicted molar refractivity (Wildman–Crippen MR) is 61.3 cm³/mol. The van der Waals surface area contributed by atoms with E-state index in [0.717, 1.165) is 12.8 Å². The second-order valence-corrected chi connectivity index (χ2v) is 3.80. The van der Waals surface area contributed by atoms with E-state index in [1.54, 1.807) is 0 Å². The summed E-state index contributed by atoms with van der Waals surface area (Å²) in [6.07, 6.45) is 3.29. The largest absolute Gasteiger partial charge is 0.480 e. The fourth-order valence-corrected chi connectivity index (χ4v) is 1.39. The average Bonchev–Trinajstić information content (AvgIpc) is 2.29. The first-order valence-electron chi connectivity index (χ1n) is 5.52. The van der Waals surface area contributed by atoms with Gasteiger partial charge in [0.1, 0.15) is 12.4 Å². The Labute approximate surface area is 99.1 Å². The van der Waals surface area contributed by atoms with E-state index >= 15 is 0 Å². The summed E-state index contributed by atoms with van der Waals surface area (Å²) in [7, 11) is 0. The fourth-order valence-electron chi connectivity index (χ4n) is 1.39. The van der Waals surface area contributed by atoms with Gasteiger partial charge in [0.2, 0.25) is 0 Å². The lowest BCUT2D eigenvalue weighted by atomic mass is 10.1. The second-order valence-electron chi connectivity index (χ2n) is 3.80. The molecule has 0 saturated heterocycles. The number of carbonyl (C=O) groups is 1. The molecule has 0 aliphatic heterocycles. The lowest BCUT2D eigenvalue weighted by Crippen LogP contribution is -2.30. The third-order valence-corrected chi connectivity index (χ3v) is 2.42. The average molecular weight is 241 g/mol. The lowest BCUT2D eigenvalue weighted by Gasteiger charge is -2.15. The summed E-state index contributed by atoms with van der Waals surface area (Å²) >= 11 is 0. The zero-order chi connectivity index (χ0) is 12.8. The number of aryl methyl sites for hydroxylation is 1. The number of aliphatic carboxylic acids is 1. The molecule has 0 amide bonds. The van der Waals surface area contributed by atoms with E-state index < -0.39 is 17.8 Å². The van der Waals surface area contributed by atoms with E-state index in [1.807, 2.05) is 6.92 Å². The monoisotopic (exact) mass is 241 g/mol. The number of nitrogens with zero attached hydrogens (tertiary/aromatic N) is 2. The Morgan fingerprint density at radius 1 is 1.59 bits per heavy atom. The highest BCUT2D eigenvalue weighted by Gasteiger charge is 2.19. The topological polar surface area (TPSA) is 75.1 Å². The minimum absolute atomic E-state index is 0.0546. The van der Waals surface area contributed by atoms with Crippen LogP contribution in [-0.2, 0) is 4.79 Å². The van der Waals surface area contributed by atoms with E-state index in [-0.39, 0.29) is 11.5 Å². The van der Waals surface area contributed by atoms with Crippen molar-refractivity contribution in [3.63, 3.8) is 0 Å². The summed E-state index contributed by atoms with van der Waals surface area (Å²) in [5, 5.41) is 11.6. The SMILES string of the molecule is CCCCC(Nc1ncnc(C)c1F)C(=O)O. The molecule has 1 heterocycles. The number of rotatable bonds is 6. The van der Waals surface area contributed by atoms with Gasteiger partial charge in [-0.15, -0.1) is 0 Å². The van der Waals surface area contributed by atoms with Crippen LogP contribution in [0.1, 0.15) is 31.9 Å². The molecule has 5 nitrogen and oxygen atoms in total. The number of carboxylic acids is 1. The molecular weight excluding hydrogens is 225 g/mol. The van der Waals surface area contributed by atoms with Crippen LogP contribution in [0.3, 0.4) is 0 Å². The summed E-state index contributed by atoms with van der Waals surface area (Å²) in [6.45, 7) is 3.47. The molecule has 17 heavy (non-hydrogen) atoms. The molecule has 6 heteroatoms. The zero-order valence-electron chi connectivity index (χ0n) is 9.90. The number of hydrogen-bond acceptors (Lipinski definition) is 4. The number of nitrogens with one attached hydrogen (secondary N) is 1. The molecule has 94 valence electrons. The number of carboxylic acid groups (broad SMARTS) is 1. The summed E-state index contributed by atoms with van der Waals surface area (Å²) in [5.74, 6) is -1.66. The molecule has 2 N–H and O–H groups in total. The maximum atomic E-state index is 13.6. The van der Waals surface area contributed by atoms with Crippen molar-refractivity contribution in [2.75, 3.05) is 5.32 Å². The molecule has 0 spiro atoms. The molecule has 0 aliphatic rings. The first kappa shape index (κ1) is 13.3. The van der Waals surface area contributed by atoms with Gasteiger partial charge in [0.05, 0.1) is 5.69 Å². The molecule has 1 unspecified atom stereocenters. The Morgan fingerprint density at radius 2 is 2.29 bits per heavy atom. The lowest BCUT2D eigenvalue weighted by molar-refractivity contribution is -0.138. The van der Waals surface area contributed by atoms with Crippen molar-refractivity contribution in [1.29, 1.82) is 0 Å². The van der Waals surface area contributed by atoms with Gasteiger partial charge in [0, 0.05) is 0 Å². The molecule has 1 aromatic heterocycles.